The molecule has 0 bridgehead atoms. The van der Waals surface area contributed by atoms with E-state index < -0.39 is 22.5 Å². The summed E-state index contributed by atoms with van der Waals surface area (Å²) >= 11 is 0. The summed E-state index contributed by atoms with van der Waals surface area (Å²) in [4.78, 5) is 13.3. The summed E-state index contributed by atoms with van der Waals surface area (Å²) in [5.41, 5.74) is -1.00. The van der Waals surface area contributed by atoms with Crippen molar-refractivity contribution in [2.75, 3.05) is 13.2 Å². The number of esters is 1. The Kier molecular flexibility index (Phi) is 3.44. The van der Waals surface area contributed by atoms with E-state index in [4.69, 9.17) is 13.9 Å². The van der Waals surface area contributed by atoms with Gasteiger partial charge in [0.25, 0.3) is 0 Å². The third-order valence-electron chi connectivity index (χ3n) is 8.13. The summed E-state index contributed by atoms with van der Waals surface area (Å²) in [5.74, 6) is -0.173. The highest BCUT2D eigenvalue weighted by atomic mass is 16.6. The van der Waals surface area contributed by atoms with Crippen molar-refractivity contribution < 1.29 is 28.9 Å². The maximum absolute atomic E-state index is 13.3. The fourth-order valence-corrected chi connectivity index (χ4v) is 6.74. The molecule has 2 N–H and O–H groups in total. The highest BCUT2D eigenvalue weighted by Crippen LogP contribution is 2.71. The number of rotatable bonds is 2. The van der Waals surface area contributed by atoms with Crippen LogP contribution in [-0.4, -0.2) is 41.1 Å². The molecule has 26 heavy (non-hydrogen) atoms. The Morgan fingerprint density at radius 3 is 2.88 bits per heavy atom. The molecular weight excluding hydrogens is 336 g/mol. The lowest BCUT2D eigenvalue weighted by molar-refractivity contribution is -0.373. The van der Waals surface area contributed by atoms with Crippen LogP contribution in [0.25, 0.3) is 0 Å². The number of aliphatic hydroxyl groups is 2. The van der Waals surface area contributed by atoms with Gasteiger partial charge in [0, 0.05) is 12.0 Å². The zero-order chi connectivity index (χ0) is 18.2. The molecule has 0 radical (unpaired) electrons. The van der Waals surface area contributed by atoms with E-state index >= 15 is 0 Å². The van der Waals surface area contributed by atoms with Crippen LogP contribution in [0, 0.1) is 22.7 Å². The third kappa shape index (κ3) is 1.71. The Hall–Kier alpha value is -1.37. The molecule has 3 heterocycles. The minimum absolute atomic E-state index is 0.0209. The Labute approximate surface area is 152 Å². The van der Waals surface area contributed by atoms with Gasteiger partial charge in [-0.3, -0.25) is 4.79 Å². The summed E-state index contributed by atoms with van der Waals surface area (Å²) in [6.07, 6.45) is 6.00. The van der Waals surface area contributed by atoms with Crippen LogP contribution >= 0.6 is 0 Å². The van der Waals surface area contributed by atoms with Crippen molar-refractivity contribution in [3.8, 4) is 0 Å². The number of aliphatic hydroxyl groups excluding tert-OH is 2. The van der Waals surface area contributed by atoms with Crippen LogP contribution in [0.4, 0.5) is 0 Å². The van der Waals surface area contributed by atoms with Gasteiger partial charge in [-0.2, -0.15) is 0 Å². The summed E-state index contributed by atoms with van der Waals surface area (Å²) in [6, 6.07) is 1.85. The van der Waals surface area contributed by atoms with Crippen molar-refractivity contribution >= 4 is 5.97 Å². The lowest BCUT2D eigenvalue weighted by Gasteiger charge is -2.71. The quantitative estimate of drug-likeness (QED) is 0.784. The third-order valence-corrected chi connectivity index (χ3v) is 8.13. The summed E-state index contributed by atoms with van der Waals surface area (Å²) in [7, 11) is 0. The minimum Gasteiger partial charge on any atom is -0.472 e. The highest BCUT2D eigenvalue weighted by Gasteiger charge is 2.77. The maximum atomic E-state index is 13.3. The Morgan fingerprint density at radius 1 is 1.38 bits per heavy atom. The first kappa shape index (κ1) is 16.8. The minimum atomic E-state index is -0.712. The second kappa shape index (κ2) is 5.33. The van der Waals surface area contributed by atoms with Gasteiger partial charge in [0.05, 0.1) is 42.7 Å². The molecule has 1 aromatic rings. The predicted octanol–water partition coefficient (Wildman–Crippen LogP) is 2.20. The van der Waals surface area contributed by atoms with Crippen molar-refractivity contribution in [1.29, 1.82) is 0 Å². The van der Waals surface area contributed by atoms with Gasteiger partial charge in [0.15, 0.2) is 0 Å². The molecule has 0 aromatic carbocycles. The van der Waals surface area contributed by atoms with E-state index in [1.807, 2.05) is 6.07 Å². The number of ether oxygens (including phenoxy) is 2. The fourth-order valence-electron chi connectivity index (χ4n) is 6.74. The number of carbonyl (C=O) groups is 1. The summed E-state index contributed by atoms with van der Waals surface area (Å²) in [5, 5.41) is 21.2. The Bertz CT molecular complexity index is 712. The van der Waals surface area contributed by atoms with E-state index in [9.17, 15) is 15.0 Å². The van der Waals surface area contributed by atoms with Crippen LogP contribution in [-0.2, 0) is 14.3 Å². The van der Waals surface area contributed by atoms with Crippen molar-refractivity contribution in [2.24, 2.45) is 22.7 Å². The van der Waals surface area contributed by atoms with Crippen LogP contribution < -0.4 is 0 Å². The molecule has 142 valence electrons. The first-order chi connectivity index (χ1) is 12.5. The van der Waals surface area contributed by atoms with Gasteiger partial charge in [0.2, 0.25) is 0 Å². The lowest BCUT2D eigenvalue weighted by Crippen LogP contribution is -2.79. The molecule has 2 aliphatic carbocycles. The molecule has 6 nitrogen and oxygen atoms in total. The average molecular weight is 362 g/mol. The van der Waals surface area contributed by atoms with Crippen LogP contribution in [0.2, 0.25) is 0 Å². The van der Waals surface area contributed by atoms with E-state index in [0.29, 0.717) is 19.4 Å². The molecule has 5 rings (SSSR count). The Balaban J connectivity index is 1.59. The predicted molar refractivity (Wildman–Crippen MR) is 89.9 cm³/mol. The van der Waals surface area contributed by atoms with Gasteiger partial charge in [-0.05, 0) is 37.2 Å². The van der Waals surface area contributed by atoms with E-state index in [0.717, 1.165) is 24.8 Å². The van der Waals surface area contributed by atoms with Crippen LogP contribution in [0.1, 0.15) is 50.7 Å². The molecular formula is C20H26O6. The second-order valence-corrected chi connectivity index (χ2v) is 8.77. The average Bonchev–Trinajstić information content (AvgIpc) is 3.23. The van der Waals surface area contributed by atoms with E-state index in [1.165, 1.54) is 0 Å². The Morgan fingerprint density at radius 2 is 2.23 bits per heavy atom. The van der Waals surface area contributed by atoms with Crippen molar-refractivity contribution in [1.82, 2.24) is 0 Å². The molecule has 0 unspecified atom stereocenters. The first-order valence-corrected chi connectivity index (χ1v) is 9.66. The molecule has 0 amide bonds. The van der Waals surface area contributed by atoms with Crippen molar-refractivity contribution in [3.63, 3.8) is 0 Å². The number of carbonyl (C=O) groups excluding carboxylic acids is 1. The maximum Gasteiger partial charge on any atom is 0.313 e. The van der Waals surface area contributed by atoms with E-state index in [1.54, 1.807) is 12.5 Å². The van der Waals surface area contributed by atoms with Gasteiger partial charge >= 0.3 is 5.97 Å². The smallest absolute Gasteiger partial charge is 0.313 e. The molecule has 7 atom stereocenters. The van der Waals surface area contributed by atoms with Gasteiger partial charge in [-0.25, -0.2) is 0 Å². The van der Waals surface area contributed by atoms with Crippen LogP contribution in [0.3, 0.4) is 0 Å². The molecule has 2 saturated carbocycles. The fraction of sp³-hybridized carbons (Fsp3) is 0.750. The number of cyclic esters (lactones) is 1. The number of hydrogen-bond acceptors (Lipinski definition) is 6. The van der Waals surface area contributed by atoms with Gasteiger partial charge in [-0.1, -0.05) is 13.3 Å². The zero-order valence-electron chi connectivity index (χ0n) is 15.0. The van der Waals surface area contributed by atoms with E-state index in [2.05, 4.69) is 6.92 Å². The molecule has 4 fully saturated rings. The summed E-state index contributed by atoms with van der Waals surface area (Å²) in [6.45, 7) is 2.37. The van der Waals surface area contributed by atoms with Gasteiger partial charge < -0.3 is 24.1 Å². The standard InChI is InChI=1S/C20H26O6/c1-12-7-16(22)20-11-25-18(20,10-21)5-2-3-15(20)19(12)8-14(26-17(19)23)13-4-6-24-9-13/h4,6,9,12,14-16,21-22H,2-3,5,7-8,10-11H2,1H3/t12-,14-,15-,16-,18+,19-,20+/m1/s1. The second-order valence-electron chi connectivity index (χ2n) is 8.77. The normalized spacial score (nSPS) is 50.0. The molecule has 1 aromatic heterocycles. The summed E-state index contributed by atoms with van der Waals surface area (Å²) < 4.78 is 16.9. The van der Waals surface area contributed by atoms with E-state index in [-0.39, 0.29) is 30.5 Å². The first-order valence-electron chi connectivity index (χ1n) is 9.66. The lowest BCUT2D eigenvalue weighted by atomic mass is 9.40. The largest absolute Gasteiger partial charge is 0.472 e. The SMILES string of the molecule is C[C@@H]1C[C@@H](O)[C@@]23CO[C@]2(CO)CCC[C@@H]3[C@@]12C[C@H](c1ccoc1)OC2=O. The highest BCUT2D eigenvalue weighted by molar-refractivity contribution is 5.81. The molecule has 4 aliphatic rings. The van der Waals surface area contributed by atoms with Gasteiger partial charge in [0.1, 0.15) is 11.7 Å². The van der Waals surface area contributed by atoms with Crippen molar-refractivity contribution in [3.05, 3.63) is 24.2 Å². The molecule has 2 saturated heterocycles. The van der Waals surface area contributed by atoms with Crippen LogP contribution in [0.15, 0.2) is 23.0 Å². The molecule has 2 spiro atoms. The van der Waals surface area contributed by atoms with Crippen molar-refractivity contribution in [2.45, 2.75) is 56.8 Å². The topological polar surface area (TPSA) is 89.1 Å². The molecule has 6 heteroatoms. The number of fused-ring (bicyclic) bond motifs is 1. The van der Waals surface area contributed by atoms with Gasteiger partial charge in [-0.15, -0.1) is 0 Å². The number of hydrogen-bond donors (Lipinski definition) is 2. The molecule has 2 aliphatic heterocycles. The zero-order valence-corrected chi connectivity index (χ0v) is 15.0. The number of furan rings is 1. The monoisotopic (exact) mass is 362 g/mol. The van der Waals surface area contributed by atoms with Crippen LogP contribution in [0.5, 0.6) is 0 Å².